The van der Waals surface area contributed by atoms with Crippen LogP contribution in [-0.4, -0.2) is 11.2 Å². The number of allylic oxidation sites excluding steroid dienone is 3. The molecule has 1 heteroatoms. The highest BCUT2D eigenvalue weighted by Crippen LogP contribution is 2.66. The maximum absolute atomic E-state index is 10.1. The molecule has 1 N–H and O–H groups in total. The molecule has 7 atom stereocenters. The molecule has 0 unspecified atom stereocenters. The van der Waals surface area contributed by atoms with Crippen molar-refractivity contribution >= 4 is 0 Å². The average molecular weight is 329 g/mol. The van der Waals surface area contributed by atoms with E-state index in [0.717, 1.165) is 36.5 Å². The zero-order chi connectivity index (χ0) is 17.1. The number of hydrogen-bond acceptors (Lipinski definition) is 1. The topological polar surface area (TPSA) is 20.2 Å². The van der Waals surface area contributed by atoms with Crippen LogP contribution in [0.3, 0.4) is 0 Å². The molecule has 0 saturated heterocycles. The molecule has 0 aromatic carbocycles. The second-order valence-electron chi connectivity index (χ2n) is 9.89. The predicted octanol–water partition coefficient (Wildman–Crippen LogP) is 5.89. The fourth-order valence-electron chi connectivity index (χ4n) is 7.24. The van der Waals surface area contributed by atoms with E-state index in [4.69, 9.17) is 0 Å². The fourth-order valence-corrected chi connectivity index (χ4v) is 7.24. The van der Waals surface area contributed by atoms with Crippen LogP contribution in [0.25, 0.3) is 0 Å². The highest BCUT2D eigenvalue weighted by molar-refractivity contribution is 5.38. The van der Waals surface area contributed by atoms with Crippen LogP contribution in [0.5, 0.6) is 0 Å². The Morgan fingerprint density at radius 2 is 1.88 bits per heavy atom. The second-order valence-corrected chi connectivity index (χ2v) is 9.89. The van der Waals surface area contributed by atoms with Gasteiger partial charge < -0.3 is 5.11 Å². The minimum absolute atomic E-state index is 0.102. The van der Waals surface area contributed by atoms with Crippen LogP contribution in [0.4, 0.5) is 0 Å². The van der Waals surface area contributed by atoms with Crippen LogP contribution in [-0.2, 0) is 0 Å². The molecule has 4 aliphatic carbocycles. The van der Waals surface area contributed by atoms with Crippen LogP contribution in [0.15, 0.2) is 23.3 Å². The number of hydrogen-bond donors (Lipinski definition) is 1. The van der Waals surface area contributed by atoms with Gasteiger partial charge in [0, 0.05) is 0 Å². The Bertz CT molecular complexity index is 573. The van der Waals surface area contributed by atoms with Crippen molar-refractivity contribution in [2.75, 3.05) is 0 Å². The van der Waals surface area contributed by atoms with E-state index in [9.17, 15) is 5.11 Å². The highest BCUT2D eigenvalue weighted by atomic mass is 16.3. The summed E-state index contributed by atoms with van der Waals surface area (Å²) in [6.07, 6.45) is 14.9. The van der Waals surface area contributed by atoms with E-state index in [-0.39, 0.29) is 6.10 Å². The van der Waals surface area contributed by atoms with Gasteiger partial charge in [0.1, 0.15) is 0 Å². The van der Waals surface area contributed by atoms with Crippen LogP contribution < -0.4 is 0 Å². The van der Waals surface area contributed by atoms with Gasteiger partial charge in [0.25, 0.3) is 0 Å². The minimum atomic E-state index is -0.102. The molecule has 4 aliphatic rings. The number of aliphatic hydroxyl groups excluding tert-OH is 1. The van der Waals surface area contributed by atoms with E-state index in [2.05, 4.69) is 39.8 Å². The zero-order valence-corrected chi connectivity index (χ0v) is 16.1. The maximum atomic E-state index is 10.1. The summed E-state index contributed by atoms with van der Waals surface area (Å²) in [6.45, 7) is 9.98. The summed E-state index contributed by atoms with van der Waals surface area (Å²) < 4.78 is 0. The minimum Gasteiger partial charge on any atom is -0.393 e. The van der Waals surface area contributed by atoms with Gasteiger partial charge in [-0.1, -0.05) is 57.4 Å². The monoisotopic (exact) mass is 328 g/mol. The second kappa shape index (κ2) is 5.73. The van der Waals surface area contributed by atoms with E-state index in [1.165, 1.54) is 44.1 Å². The first kappa shape index (κ1) is 16.9. The van der Waals surface area contributed by atoms with Crippen LogP contribution in [0.1, 0.15) is 79.1 Å². The lowest BCUT2D eigenvalue weighted by Crippen LogP contribution is -2.46. The first-order chi connectivity index (χ1) is 11.4. The Hall–Kier alpha value is -0.560. The number of fused-ring (bicyclic) bond motifs is 5. The summed E-state index contributed by atoms with van der Waals surface area (Å²) in [5, 5.41) is 10.1. The number of aliphatic hydroxyl groups is 1. The molecule has 0 heterocycles. The molecule has 1 nitrogen and oxygen atoms in total. The molecule has 3 fully saturated rings. The van der Waals surface area contributed by atoms with Gasteiger partial charge in [-0.3, -0.25) is 0 Å². The largest absolute Gasteiger partial charge is 0.393 e. The van der Waals surface area contributed by atoms with Crippen LogP contribution in [0, 0.1) is 34.5 Å². The lowest BCUT2D eigenvalue weighted by molar-refractivity contribution is 0.0332. The third kappa shape index (κ3) is 2.23. The van der Waals surface area contributed by atoms with Crippen LogP contribution >= 0.6 is 0 Å². The molecule has 3 saturated carbocycles. The van der Waals surface area contributed by atoms with Gasteiger partial charge in [-0.2, -0.15) is 0 Å². The summed E-state index contributed by atoms with van der Waals surface area (Å²) in [5.41, 5.74) is 4.19. The molecule has 0 aliphatic heterocycles. The van der Waals surface area contributed by atoms with Crippen molar-refractivity contribution in [3.05, 3.63) is 23.3 Å². The summed E-state index contributed by atoms with van der Waals surface area (Å²) in [5.74, 6) is 3.35. The molecule has 0 radical (unpaired) electrons. The fraction of sp³-hybridized carbons (Fsp3) is 0.826. The Morgan fingerprint density at radius 3 is 2.62 bits per heavy atom. The Morgan fingerprint density at radius 1 is 1.08 bits per heavy atom. The van der Waals surface area contributed by atoms with Crippen molar-refractivity contribution in [1.29, 1.82) is 0 Å². The smallest absolute Gasteiger partial charge is 0.0578 e. The van der Waals surface area contributed by atoms with Crippen molar-refractivity contribution in [2.45, 2.75) is 85.2 Å². The van der Waals surface area contributed by atoms with Crippen molar-refractivity contribution in [1.82, 2.24) is 0 Å². The van der Waals surface area contributed by atoms with Crippen molar-refractivity contribution in [3.63, 3.8) is 0 Å². The quantitative estimate of drug-likeness (QED) is 0.670. The van der Waals surface area contributed by atoms with Gasteiger partial charge in [0.05, 0.1) is 6.10 Å². The molecule has 134 valence electrons. The van der Waals surface area contributed by atoms with Gasteiger partial charge in [-0.15, -0.1) is 0 Å². The molecule has 0 amide bonds. The molecule has 0 aromatic rings. The van der Waals surface area contributed by atoms with Crippen molar-refractivity contribution in [3.8, 4) is 0 Å². The summed E-state index contributed by atoms with van der Waals surface area (Å²) >= 11 is 0. The molecular formula is C23H36O. The molecule has 0 bridgehead atoms. The van der Waals surface area contributed by atoms with Gasteiger partial charge in [0.2, 0.25) is 0 Å². The summed E-state index contributed by atoms with van der Waals surface area (Å²) in [4.78, 5) is 0. The van der Waals surface area contributed by atoms with E-state index in [1.54, 1.807) is 5.57 Å². The van der Waals surface area contributed by atoms with Crippen molar-refractivity contribution in [2.24, 2.45) is 34.5 Å². The van der Waals surface area contributed by atoms with E-state index in [0.29, 0.717) is 10.8 Å². The molecule has 0 spiro atoms. The van der Waals surface area contributed by atoms with Crippen molar-refractivity contribution < 1.29 is 5.11 Å². The lowest BCUT2D eigenvalue weighted by atomic mass is 9.50. The van der Waals surface area contributed by atoms with E-state index >= 15 is 0 Å². The summed E-state index contributed by atoms with van der Waals surface area (Å²) in [7, 11) is 0. The van der Waals surface area contributed by atoms with Gasteiger partial charge in [-0.05, 0) is 79.4 Å². The standard InChI is InChI=1S/C23H36O/c1-5-15(2)19-8-9-20-18-7-6-16-14-17(24)10-12-22(16,3)21(18)11-13-23(19,20)4/h6-7,15,17,19-21,24H,5,8-14H2,1-4H3/t15-,17-,19+,20-,21-,22-,23+/m0/s1. The average Bonchev–Trinajstić information content (AvgIpc) is 2.92. The van der Waals surface area contributed by atoms with Gasteiger partial charge in [-0.25, -0.2) is 0 Å². The third-order valence-electron chi connectivity index (χ3n) is 8.95. The molecular weight excluding hydrogens is 292 g/mol. The first-order valence-corrected chi connectivity index (χ1v) is 10.5. The highest BCUT2D eigenvalue weighted by Gasteiger charge is 2.56. The lowest BCUT2D eigenvalue weighted by Gasteiger charge is -2.55. The van der Waals surface area contributed by atoms with Gasteiger partial charge >= 0.3 is 0 Å². The maximum Gasteiger partial charge on any atom is 0.0578 e. The Balaban J connectivity index is 1.68. The SMILES string of the molecule is CC[C@H](C)[C@H]1CC[C@H]2C3=CC=C4C[C@@H](O)CC[C@]4(C)[C@H]3CC[C@]12C. The zero-order valence-electron chi connectivity index (χ0n) is 16.1. The molecule has 24 heavy (non-hydrogen) atoms. The van der Waals surface area contributed by atoms with Crippen LogP contribution in [0.2, 0.25) is 0 Å². The normalized spacial score (nSPS) is 48.7. The Labute approximate surface area is 148 Å². The van der Waals surface area contributed by atoms with E-state index in [1.807, 2.05) is 0 Å². The Kier molecular flexibility index (Phi) is 4.03. The molecule has 0 aromatic heterocycles. The van der Waals surface area contributed by atoms with E-state index < -0.39 is 0 Å². The number of rotatable bonds is 2. The van der Waals surface area contributed by atoms with Gasteiger partial charge in [0.15, 0.2) is 0 Å². The third-order valence-corrected chi connectivity index (χ3v) is 8.95. The molecule has 4 rings (SSSR count). The summed E-state index contributed by atoms with van der Waals surface area (Å²) in [6, 6.07) is 0. The first-order valence-electron chi connectivity index (χ1n) is 10.5. The predicted molar refractivity (Wildman–Crippen MR) is 101 cm³/mol.